The molecule has 2 bridgehead atoms. The molecule has 2 aromatic heterocycles. The lowest BCUT2D eigenvalue weighted by Crippen LogP contribution is -2.33. The van der Waals surface area contributed by atoms with Crippen LogP contribution in [-0.4, -0.2) is 44.7 Å². The largest absolute Gasteiger partial charge is 0.490 e. The van der Waals surface area contributed by atoms with Gasteiger partial charge in [0.05, 0.1) is 41.0 Å². The molecule has 0 unspecified atom stereocenters. The zero-order chi connectivity index (χ0) is 24.5. The minimum Gasteiger partial charge on any atom is -0.490 e. The van der Waals surface area contributed by atoms with Gasteiger partial charge in [-0.3, -0.25) is 14.3 Å². The summed E-state index contributed by atoms with van der Waals surface area (Å²) in [6, 6.07) is 6.24. The third-order valence-electron chi connectivity index (χ3n) is 7.47. The predicted octanol–water partition coefficient (Wildman–Crippen LogP) is 4.19. The number of amides is 1. The zero-order valence-electron chi connectivity index (χ0n) is 20.1. The molecule has 2 saturated carbocycles. The van der Waals surface area contributed by atoms with E-state index < -0.39 is 23.7 Å². The molecule has 3 aliphatic rings. The normalized spacial score (nSPS) is 29.2. The van der Waals surface area contributed by atoms with E-state index in [1.807, 2.05) is 24.7 Å². The standard InChI is InChI=1S/C26H29FN4O4/c1-15(2)35-22-11-20-16(12-31(29-20)26-7-6-25(3,13-26)34-14-26)9-17(22)23(32)28-19-5-4-8-30(24(19)33)21-10-18(21)27/h4-5,8-9,11-12,15,18,21H,6-7,10,13-14H2,1-3H3,(H,28,32)/t18-,21-,25-,26-/m1/s1. The van der Waals surface area contributed by atoms with Crippen molar-refractivity contribution < 1.29 is 18.7 Å². The highest BCUT2D eigenvalue weighted by Crippen LogP contribution is 2.51. The average Bonchev–Trinajstić information content (AvgIpc) is 3.12. The van der Waals surface area contributed by atoms with Crippen LogP contribution in [0.3, 0.4) is 0 Å². The molecule has 0 spiro atoms. The molecule has 3 heterocycles. The fraction of sp³-hybridized carbons (Fsp3) is 0.500. The van der Waals surface area contributed by atoms with Crippen LogP contribution in [0.25, 0.3) is 10.9 Å². The van der Waals surface area contributed by atoms with Crippen LogP contribution in [-0.2, 0) is 10.3 Å². The van der Waals surface area contributed by atoms with E-state index in [2.05, 4.69) is 12.2 Å². The number of aromatic nitrogens is 3. The van der Waals surface area contributed by atoms with E-state index in [9.17, 15) is 14.0 Å². The van der Waals surface area contributed by atoms with Crippen molar-refractivity contribution >= 4 is 22.5 Å². The molecule has 1 saturated heterocycles. The van der Waals surface area contributed by atoms with Crippen LogP contribution in [0.15, 0.2) is 41.5 Å². The summed E-state index contributed by atoms with van der Waals surface area (Å²) in [5.41, 5.74) is 0.469. The van der Waals surface area contributed by atoms with Crippen LogP contribution in [0.5, 0.6) is 5.75 Å². The summed E-state index contributed by atoms with van der Waals surface area (Å²) in [5.74, 6) is -0.0671. The van der Waals surface area contributed by atoms with Crippen LogP contribution in [0.4, 0.5) is 10.1 Å². The Morgan fingerprint density at radius 2 is 2.14 bits per heavy atom. The van der Waals surface area contributed by atoms with Gasteiger partial charge in [-0.2, -0.15) is 5.10 Å². The number of ether oxygens (including phenoxy) is 2. The number of carbonyl (C=O) groups excluding carboxylic acids is 1. The van der Waals surface area contributed by atoms with Gasteiger partial charge in [0.15, 0.2) is 0 Å². The van der Waals surface area contributed by atoms with Crippen molar-refractivity contribution in [1.82, 2.24) is 14.3 Å². The lowest BCUT2D eigenvalue weighted by atomic mass is 9.99. The van der Waals surface area contributed by atoms with Crippen molar-refractivity contribution in [2.75, 3.05) is 11.9 Å². The first-order chi connectivity index (χ1) is 16.7. The smallest absolute Gasteiger partial charge is 0.274 e. The van der Waals surface area contributed by atoms with Gasteiger partial charge in [0.2, 0.25) is 0 Å². The number of nitrogens with zero attached hydrogens (tertiary/aromatic N) is 3. The first kappa shape index (κ1) is 22.3. The molecule has 1 amide bonds. The lowest BCUT2D eigenvalue weighted by molar-refractivity contribution is -0.0149. The monoisotopic (exact) mass is 480 g/mol. The Kier molecular flexibility index (Phi) is 4.87. The molecule has 1 aliphatic heterocycles. The van der Waals surface area contributed by atoms with Crippen LogP contribution in [0, 0.1) is 0 Å². The lowest BCUT2D eigenvalue weighted by Gasteiger charge is -2.26. The van der Waals surface area contributed by atoms with Gasteiger partial charge in [-0.1, -0.05) is 0 Å². The highest BCUT2D eigenvalue weighted by molar-refractivity contribution is 6.08. The Balaban J connectivity index is 1.35. The van der Waals surface area contributed by atoms with Crippen LogP contribution >= 0.6 is 0 Å². The Labute approximate surface area is 202 Å². The van der Waals surface area contributed by atoms with Crippen molar-refractivity contribution in [3.8, 4) is 5.75 Å². The SMILES string of the molecule is CC(C)Oc1cc2nn([C@]34CC[C@](C)(C3)OC4)cc2cc1C(=O)Nc1cccn([C@@H]2C[C@H]2F)c1=O. The maximum absolute atomic E-state index is 13.5. The summed E-state index contributed by atoms with van der Waals surface area (Å²) in [6.07, 6.45) is 5.56. The van der Waals surface area contributed by atoms with E-state index in [0.29, 0.717) is 24.3 Å². The maximum Gasteiger partial charge on any atom is 0.274 e. The van der Waals surface area contributed by atoms with E-state index in [1.165, 1.54) is 10.6 Å². The molecule has 8 nitrogen and oxygen atoms in total. The first-order valence-electron chi connectivity index (χ1n) is 12.2. The predicted molar refractivity (Wildman–Crippen MR) is 129 cm³/mol. The van der Waals surface area contributed by atoms with E-state index >= 15 is 0 Å². The number of hydrogen-bond acceptors (Lipinski definition) is 5. The summed E-state index contributed by atoms with van der Waals surface area (Å²) in [5, 5.41) is 8.37. The Morgan fingerprint density at radius 3 is 2.77 bits per heavy atom. The van der Waals surface area contributed by atoms with Crippen LogP contribution in [0.1, 0.15) is 62.9 Å². The van der Waals surface area contributed by atoms with Gasteiger partial charge >= 0.3 is 0 Å². The second-order valence-corrected chi connectivity index (χ2v) is 10.7. The highest BCUT2D eigenvalue weighted by atomic mass is 19.1. The molecule has 9 heteroatoms. The Hall–Kier alpha value is -3.20. The Bertz CT molecular complexity index is 1390. The van der Waals surface area contributed by atoms with Gasteiger partial charge < -0.3 is 19.4 Å². The molecule has 1 N–H and O–H groups in total. The fourth-order valence-electron chi connectivity index (χ4n) is 5.51. The van der Waals surface area contributed by atoms with Gasteiger partial charge in [0.1, 0.15) is 17.6 Å². The molecule has 4 atom stereocenters. The topological polar surface area (TPSA) is 87.4 Å². The number of hydrogen-bond donors (Lipinski definition) is 1. The number of halogens is 1. The fourth-order valence-corrected chi connectivity index (χ4v) is 5.51. The van der Waals surface area contributed by atoms with Gasteiger partial charge in [-0.05, 0) is 51.8 Å². The molecule has 0 radical (unpaired) electrons. The van der Waals surface area contributed by atoms with Gasteiger partial charge in [0.25, 0.3) is 11.5 Å². The molecular weight excluding hydrogens is 451 g/mol. The van der Waals surface area contributed by atoms with E-state index in [0.717, 1.165) is 30.2 Å². The number of nitrogens with one attached hydrogen (secondary N) is 1. The number of pyridine rings is 1. The number of alkyl halides is 1. The van der Waals surface area contributed by atoms with E-state index in [-0.39, 0.29) is 22.9 Å². The summed E-state index contributed by atoms with van der Waals surface area (Å²) >= 11 is 0. The average molecular weight is 481 g/mol. The number of anilines is 1. The zero-order valence-corrected chi connectivity index (χ0v) is 20.1. The second kappa shape index (κ2) is 7.65. The molecule has 6 rings (SSSR count). The quantitative estimate of drug-likeness (QED) is 0.572. The third-order valence-corrected chi connectivity index (χ3v) is 7.47. The molecular formula is C26H29FN4O4. The van der Waals surface area contributed by atoms with Gasteiger partial charge in [0, 0.05) is 36.7 Å². The van der Waals surface area contributed by atoms with Crippen molar-refractivity contribution in [2.45, 2.75) is 75.9 Å². The minimum atomic E-state index is -1.02. The van der Waals surface area contributed by atoms with Gasteiger partial charge in [-0.15, -0.1) is 0 Å². The maximum atomic E-state index is 13.5. The number of rotatable bonds is 6. The molecule has 1 aromatic carbocycles. The summed E-state index contributed by atoms with van der Waals surface area (Å²) in [7, 11) is 0. The summed E-state index contributed by atoms with van der Waals surface area (Å²) in [4.78, 5) is 26.2. The highest BCUT2D eigenvalue weighted by Gasteiger charge is 2.54. The van der Waals surface area contributed by atoms with Gasteiger partial charge in [-0.25, -0.2) is 4.39 Å². The molecule has 184 valence electrons. The van der Waals surface area contributed by atoms with Crippen molar-refractivity contribution in [2.24, 2.45) is 0 Å². The number of carbonyl (C=O) groups is 1. The number of benzene rings is 1. The first-order valence-corrected chi connectivity index (χ1v) is 12.2. The molecule has 3 aromatic rings. The van der Waals surface area contributed by atoms with Crippen molar-refractivity contribution in [1.29, 1.82) is 0 Å². The summed E-state index contributed by atoms with van der Waals surface area (Å²) < 4.78 is 28.9. The van der Waals surface area contributed by atoms with Crippen molar-refractivity contribution in [3.63, 3.8) is 0 Å². The molecule has 2 aliphatic carbocycles. The molecule has 3 fully saturated rings. The van der Waals surface area contributed by atoms with Crippen molar-refractivity contribution in [3.05, 3.63) is 52.6 Å². The van der Waals surface area contributed by atoms with E-state index in [4.69, 9.17) is 14.6 Å². The minimum absolute atomic E-state index is 0.0969. The molecule has 35 heavy (non-hydrogen) atoms. The van der Waals surface area contributed by atoms with E-state index in [1.54, 1.807) is 24.4 Å². The van der Waals surface area contributed by atoms with Crippen LogP contribution < -0.4 is 15.6 Å². The van der Waals surface area contributed by atoms with Crippen LogP contribution in [0.2, 0.25) is 0 Å². The summed E-state index contributed by atoms with van der Waals surface area (Å²) in [6.45, 7) is 6.55. The second-order valence-electron chi connectivity index (χ2n) is 10.7. The third kappa shape index (κ3) is 3.73. The number of fused-ring (bicyclic) bond motifs is 3. The Morgan fingerprint density at radius 1 is 1.34 bits per heavy atom.